The summed E-state index contributed by atoms with van der Waals surface area (Å²) < 4.78 is 0. The van der Waals surface area contributed by atoms with Gasteiger partial charge in [-0.2, -0.15) is 5.10 Å². The molecular weight excluding hydrogens is 270 g/mol. The van der Waals surface area contributed by atoms with Gasteiger partial charge in [-0.3, -0.25) is 14.7 Å². The van der Waals surface area contributed by atoms with E-state index in [2.05, 4.69) is 25.5 Å². The van der Waals surface area contributed by atoms with E-state index in [1.54, 1.807) is 31.2 Å². The third kappa shape index (κ3) is 2.53. The van der Waals surface area contributed by atoms with E-state index >= 15 is 0 Å². The van der Waals surface area contributed by atoms with Crippen molar-refractivity contribution in [1.82, 2.24) is 25.5 Å². The number of benzene rings is 1. The smallest absolute Gasteiger partial charge is 0.268 e. The van der Waals surface area contributed by atoms with Crippen molar-refractivity contribution in [1.29, 1.82) is 0 Å². The van der Waals surface area contributed by atoms with Gasteiger partial charge in [-0.15, -0.1) is 0 Å². The highest BCUT2D eigenvalue weighted by atomic mass is 16.2. The molecule has 0 spiro atoms. The highest BCUT2D eigenvalue weighted by Crippen LogP contribution is 2.11. The quantitative estimate of drug-likeness (QED) is 0.670. The number of H-pyrrole nitrogens is 2. The Balaban J connectivity index is 1.90. The molecule has 1 amide bonds. The molecule has 0 aliphatic carbocycles. The molecule has 0 aliphatic rings. The van der Waals surface area contributed by atoms with Crippen molar-refractivity contribution in [2.24, 2.45) is 0 Å². The fourth-order valence-corrected chi connectivity index (χ4v) is 2.10. The molecule has 1 aromatic carbocycles. The minimum absolute atomic E-state index is 0.213. The van der Waals surface area contributed by atoms with Gasteiger partial charge in [0.05, 0.1) is 6.04 Å². The fourth-order valence-electron chi connectivity index (χ4n) is 2.10. The number of hydrogen-bond donors (Lipinski definition) is 3. The van der Waals surface area contributed by atoms with Gasteiger partial charge < -0.3 is 10.3 Å². The lowest BCUT2D eigenvalue weighted by molar-refractivity contribution is 0.0933. The summed E-state index contributed by atoms with van der Waals surface area (Å²) in [6.07, 6.45) is 1.37. The zero-order chi connectivity index (χ0) is 14.8. The van der Waals surface area contributed by atoms with Crippen LogP contribution in [0.5, 0.6) is 0 Å². The van der Waals surface area contributed by atoms with E-state index in [1.807, 2.05) is 6.07 Å². The normalized spacial score (nSPS) is 12.2. The molecular formula is C14H13N5O2. The second-order valence-electron chi connectivity index (χ2n) is 4.67. The SMILES string of the molecule is CC(NC(=O)c1cc2ccccc2c(=O)[nH]1)c1ncn[nH]1. The van der Waals surface area contributed by atoms with E-state index in [0.717, 1.165) is 5.39 Å². The number of carbonyl (C=O) groups is 1. The van der Waals surface area contributed by atoms with Gasteiger partial charge in [-0.05, 0) is 24.4 Å². The van der Waals surface area contributed by atoms with Gasteiger partial charge in [0, 0.05) is 5.39 Å². The van der Waals surface area contributed by atoms with Crippen molar-refractivity contribution in [2.75, 3.05) is 0 Å². The molecule has 106 valence electrons. The molecule has 0 saturated carbocycles. The summed E-state index contributed by atoms with van der Waals surface area (Å²) in [7, 11) is 0. The number of rotatable bonds is 3. The van der Waals surface area contributed by atoms with Gasteiger partial charge in [0.25, 0.3) is 11.5 Å². The van der Waals surface area contributed by atoms with E-state index in [9.17, 15) is 9.59 Å². The fraction of sp³-hybridized carbons (Fsp3) is 0.143. The second-order valence-corrected chi connectivity index (χ2v) is 4.67. The highest BCUT2D eigenvalue weighted by Gasteiger charge is 2.15. The van der Waals surface area contributed by atoms with Crippen LogP contribution in [0.4, 0.5) is 0 Å². The van der Waals surface area contributed by atoms with Crippen LogP contribution in [0.15, 0.2) is 41.5 Å². The van der Waals surface area contributed by atoms with E-state index in [-0.39, 0.29) is 23.2 Å². The summed E-state index contributed by atoms with van der Waals surface area (Å²) in [5, 5.41) is 10.4. The molecule has 2 aromatic heterocycles. The summed E-state index contributed by atoms with van der Waals surface area (Å²) in [5.74, 6) is 0.174. The van der Waals surface area contributed by atoms with E-state index in [4.69, 9.17) is 0 Å². The van der Waals surface area contributed by atoms with Gasteiger partial charge in [0.15, 0.2) is 0 Å². The molecule has 1 unspecified atom stereocenters. The van der Waals surface area contributed by atoms with Gasteiger partial charge in [0.1, 0.15) is 17.8 Å². The highest BCUT2D eigenvalue weighted by molar-refractivity contribution is 5.96. The lowest BCUT2D eigenvalue weighted by Gasteiger charge is -2.11. The second kappa shape index (κ2) is 5.20. The van der Waals surface area contributed by atoms with E-state index in [1.165, 1.54) is 6.33 Å². The number of amides is 1. The Labute approximate surface area is 119 Å². The molecule has 21 heavy (non-hydrogen) atoms. The molecule has 0 saturated heterocycles. The lowest BCUT2D eigenvalue weighted by Crippen LogP contribution is -2.29. The standard InChI is InChI=1S/C14H13N5O2/c1-8(12-15-7-16-19-12)17-14(21)11-6-9-4-2-3-5-10(9)13(20)18-11/h2-8H,1H3,(H,17,21)(H,18,20)(H,15,16,19). The van der Waals surface area contributed by atoms with Crippen LogP contribution in [0.25, 0.3) is 10.8 Å². The van der Waals surface area contributed by atoms with Crippen LogP contribution in [-0.2, 0) is 0 Å². The Hall–Kier alpha value is -2.96. The van der Waals surface area contributed by atoms with Crippen molar-refractivity contribution in [3.05, 3.63) is 58.5 Å². The zero-order valence-electron chi connectivity index (χ0n) is 11.3. The van der Waals surface area contributed by atoms with Gasteiger partial charge in [0.2, 0.25) is 0 Å². The maximum atomic E-state index is 12.2. The molecule has 3 N–H and O–H groups in total. The van der Waals surface area contributed by atoms with Gasteiger partial charge in [-0.1, -0.05) is 18.2 Å². The number of pyridine rings is 1. The minimum atomic E-state index is -0.373. The first-order valence-corrected chi connectivity index (χ1v) is 6.43. The topological polar surface area (TPSA) is 104 Å². The number of nitrogens with zero attached hydrogens (tertiary/aromatic N) is 2. The minimum Gasteiger partial charge on any atom is -0.341 e. The molecule has 0 bridgehead atoms. The van der Waals surface area contributed by atoms with Crippen LogP contribution in [-0.4, -0.2) is 26.1 Å². The van der Waals surface area contributed by atoms with E-state index < -0.39 is 0 Å². The van der Waals surface area contributed by atoms with Crippen molar-refractivity contribution in [3.63, 3.8) is 0 Å². The first kappa shape index (κ1) is 13.0. The van der Waals surface area contributed by atoms with Crippen LogP contribution in [0.1, 0.15) is 29.3 Å². The summed E-state index contributed by atoms with van der Waals surface area (Å²) in [6, 6.07) is 8.42. The van der Waals surface area contributed by atoms with Crippen molar-refractivity contribution < 1.29 is 4.79 Å². The molecule has 3 aromatic rings. The summed E-state index contributed by atoms with van der Waals surface area (Å²) >= 11 is 0. The third-order valence-corrected chi connectivity index (χ3v) is 3.19. The molecule has 3 rings (SSSR count). The molecule has 0 aliphatic heterocycles. The third-order valence-electron chi connectivity index (χ3n) is 3.19. The van der Waals surface area contributed by atoms with Crippen LogP contribution in [0, 0.1) is 0 Å². The first-order chi connectivity index (χ1) is 10.1. The molecule has 7 nitrogen and oxygen atoms in total. The van der Waals surface area contributed by atoms with Gasteiger partial charge >= 0.3 is 0 Å². The largest absolute Gasteiger partial charge is 0.341 e. The van der Waals surface area contributed by atoms with Crippen molar-refractivity contribution in [2.45, 2.75) is 13.0 Å². The molecule has 1 atom stereocenters. The summed E-state index contributed by atoms with van der Waals surface area (Å²) in [5.41, 5.74) is -0.0735. The summed E-state index contributed by atoms with van der Waals surface area (Å²) in [4.78, 5) is 30.7. The monoisotopic (exact) mass is 283 g/mol. The number of aromatic amines is 2. The number of nitrogens with one attached hydrogen (secondary N) is 3. The predicted octanol–water partition coefficient (Wildman–Crippen LogP) is 1.14. The molecule has 7 heteroatoms. The summed E-state index contributed by atoms with van der Waals surface area (Å²) in [6.45, 7) is 1.78. The predicted molar refractivity (Wildman–Crippen MR) is 76.8 cm³/mol. The lowest BCUT2D eigenvalue weighted by atomic mass is 10.1. The van der Waals surface area contributed by atoms with Crippen LogP contribution in [0.2, 0.25) is 0 Å². The molecule has 0 radical (unpaired) electrons. The van der Waals surface area contributed by atoms with Crippen LogP contribution >= 0.6 is 0 Å². The van der Waals surface area contributed by atoms with Crippen molar-refractivity contribution >= 4 is 16.7 Å². The van der Waals surface area contributed by atoms with Crippen molar-refractivity contribution in [3.8, 4) is 0 Å². The maximum absolute atomic E-state index is 12.2. The average molecular weight is 283 g/mol. The van der Waals surface area contributed by atoms with Crippen LogP contribution in [0.3, 0.4) is 0 Å². The number of hydrogen-bond acceptors (Lipinski definition) is 4. The Morgan fingerprint density at radius 3 is 2.90 bits per heavy atom. The number of carbonyl (C=O) groups excluding carboxylic acids is 1. The Morgan fingerprint density at radius 2 is 2.14 bits per heavy atom. The average Bonchev–Trinajstić information content (AvgIpc) is 3.01. The van der Waals surface area contributed by atoms with Crippen LogP contribution < -0.4 is 10.9 Å². The zero-order valence-corrected chi connectivity index (χ0v) is 11.3. The Bertz CT molecular complexity index is 838. The maximum Gasteiger partial charge on any atom is 0.268 e. The Morgan fingerprint density at radius 1 is 1.33 bits per heavy atom. The number of fused-ring (bicyclic) bond motifs is 1. The van der Waals surface area contributed by atoms with E-state index in [0.29, 0.717) is 11.2 Å². The Kier molecular flexibility index (Phi) is 3.23. The first-order valence-electron chi connectivity index (χ1n) is 6.43. The van der Waals surface area contributed by atoms with Gasteiger partial charge in [-0.25, -0.2) is 4.98 Å². The molecule has 2 heterocycles. The molecule has 0 fully saturated rings. The number of aromatic nitrogens is 4.